The first-order chi connectivity index (χ1) is 9.93. The molecular weight excluding hydrogens is 299 g/mol. The summed E-state index contributed by atoms with van der Waals surface area (Å²) in [7, 11) is 1.61. The van der Waals surface area contributed by atoms with Crippen LogP contribution >= 0.6 is 11.6 Å². The predicted octanol–water partition coefficient (Wildman–Crippen LogP) is 4.57. The topological polar surface area (TPSA) is 12.0 Å². The van der Waals surface area contributed by atoms with Crippen LogP contribution in [0.4, 0.5) is 13.2 Å². The highest BCUT2D eigenvalue weighted by atomic mass is 35.5. The summed E-state index contributed by atoms with van der Waals surface area (Å²) in [6, 6.07) is 6.06. The van der Waals surface area contributed by atoms with Gasteiger partial charge in [0, 0.05) is 22.2 Å². The Morgan fingerprint density at radius 3 is 2.43 bits per heavy atom. The zero-order valence-corrected chi connectivity index (χ0v) is 12.4. The second-order valence-corrected chi connectivity index (χ2v) is 5.28. The molecule has 0 aromatic heterocycles. The van der Waals surface area contributed by atoms with Gasteiger partial charge in [-0.3, -0.25) is 0 Å². The van der Waals surface area contributed by atoms with Crippen molar-refractivity contribution in [2.75, 3.05) is 7.05 Å². The van der Waals surface area contributed by atoms with E-state index in [4.69, 9.17) is 11.6 Å². The van der Waals surface area contributed by atoms with E-state index >= 15 is 0 Å². The van der Waals surface area contributed by atoms with Crippen molar-refractivity contribution in [3.63, 3.8) is 0 Å². The lowest BCUT2D eigenvalue weighted by molar-refractivity contribution is 0.510. The smallest absolute Gasteiger partial charge is 0.128 e. The molecule has 0 saturated carbocycles. The maximum atomic E-state index is 14.0. The van der Waals surface area contributed by atoms with Crippen molar-refractivity contribution in [3.8, 4) is 0 Å². The second kappa shape index (κ2) is 6.50. The van der Waals surface area contributed by atoms with Crippen molar-refractivity contribution in [2.45, 2.75) is 19.4 Å². The van der Waals surface area contributed by atoms with Gasteiger partial charge in [0.05, 0.1) is 0 Å². The lowest BCUT2D eigenvalue weighted by atomic mass is 9.97. The molecular formula is C16H15ClF3N. The molecule has 0 fully saturated rings. The van der Waals surface area contributed by atoms with E-state index in [0.29, 0.717) is 0 Å². The third kappa shape index (κ3) is 3.39. The van der Waals surface area contributed by atoms with Gasteiger partial charge in [-0.25, -0.2) is 13.2 Å². The van der Waals surface area contributed by atoms with E-state index in [9.17, 15) is 13.2 Å². The first-order valence-corrected chi connectivity index (χ1v) is 6.87. The van der Waals surface area contributed by atoms with Crippen LogP contribution in [0.5, 0.6) is 0 Å². The molecule has 1 unspecified atom stereocenters. The molecule has 0 aliphatic rings. The summed E-state index contributed by atoms with van der Waals surface area (Å²) in [4.78, 5) is 0. The number of likely N-dealkylation sites (N-methyl/N-ethyl adjacent to an activating group) is 1. The quantitative estimate of drug-likeness (QED) is 0.872. The molecule has 1 atom stereocenters. The number of benzene rings is 2. The summed E-state index contributed by atoms with van der Waals surface area (Å²) in [5, 5.41) is 3.14. The minimum absolute atomic E-state index is 0.126. The van der Waals surface area contributed by atoms with Crippen molar-refractivity contribution in [2.24, 2.45) is 0 Å². The van der Waals surface area contributed by atoms with E-state index in [1.54, 1.807) is 13.1 Å². The Kier molecular flexibility index (Phi) is 4.91. The van der Waals surface area contributed by atoms with E-state index in [-0.39, 0.29) is 28.1 Å². The Hall–Kier alpha value is -1.52. The molecule has 0 bridgehead atoms. The first-order valence-electron chi connectivity index (χ1n) is 6.49. The van der Waals surface area contributed by atoms with Crippen LogP contribution in [-0.2, 0) is 6.42 Å². The van der Waals surface area contributed by atoms with Crippen LogP contribution in [0.1, 0.15) is 22.7 Å². The van der Waals surface area contributed by atoms with Crippen LogP contribution < -0.4 is 5.32 Å². The summed E-state index contributed by atoms with van der Waals surface area (Å²) >= 11 is 5.98. The van der Waals surface area contributed by atoms with Crippen molar-refractivity contribution in [1.29, 1.82) is 0 Å². The minimum Gasteiger partial charge on any atom is -0.313 e. The SMILES string of the molecule is CNC(Cc1c(F)cccc1Cl)c1cc(F)c(C)cc1F. The van der Waals surface area contributed by atoms with E-state index in [1.807, 2.05) is 0 Å². The third-order valence-electron chi connectivity index (χ3n) is 3.47. The molecule has 1 N–H and O–H groups in total. The second-order valence-electron chi connectivity index (χ2n) is 4.87. The first kappa shape index (κ1) is 15.9. The lowest BCUT2D eigenvalue weighted by Gasteiger charge is -2.19. The van der Waals surface area contributed by atoms with Crippen LogP contribution in [0.2, 0.25) is 5.02 Å². The van der Waals surface area contributed by atoms with Gasteiger partial charge in [0.2, 0.25) is 0 Å². The molecule has 0 aliphatic carbocycles. The highest BCUT2D eigenvalue weighted by Crippen LogP contribution is 2.28. The van der Waals surface area contributed by atoms with Crippen LogP contribution in [0, 0.1) is 24.4 Å². The van der Waals surface area contributed by atoms with Crippen molar-refractivity contribution >= 4 is 11.6 Å². The fraction of sp³-hybridized carbons (Fsp3) is 0.250. The van der Waals surface area contributed by atoms with Crippen LogP contribution in [0.3, 0.4) is 0 Å². The molecule has 112 valence electrons. The zero-order valence-electron chi connectivity index (χ0n) is 11.7. The van der Waals surface area contributed by atoms with Gasteiger partial charge >= 0.3 is 0 Å². The molecule has 2 rings (SSSR count). The van der Waals surface area contributed by atoms with Gasteiger partial charge in [-0.15, -0.1) is 0 Å². The maximum absolute atomic E-state index is 14.0. The summed E-state index contributed by atoms with van der Waals surface area (Å²) in [5.74, 6) is -1.48. The molecule has 0 aliphatic heterocycles. The molecule has 1 nitrogen and oxygen atoms in total. The number of halogens is 4. The number of rotatable bonds is 4. The molecule has 5 heteroatoms. The van der Waals surface area contributed by atoms with Gasteiger partial charge in [-0.05, 0) is 50.2 Å². The average Bonchev–Trinajstić information content (AvgIpc) is 2.43. The number of aryl methyl sites for hydroxylation is 1. The highest BCUT2D eigenvalue weighted by molar-refractivity contribution is 6.31. The molecule has 0 radical (unpaired) electrons. The Morgan fingerprint density at radius 2 is 1.81 bits per heavy atom. The van der Waals surface area contributed by atoms with Gasteiger partial charge in [-0.2, -0.15) is 0 Å². The molecule has 0 spiro atoms. The Morgan fingerprint density at radius 1 is 1.10 bits per heavy atom. The summed E-state index contributed by atoms with van der Waals surface area (Å²) in [6.07, 6.45) is 0.126. The van der Waals surface area contributed by atoms with Gasteiger partial charge in [-0.1, -0.05) is 17.7 Å². The Labute approximate surface area is 126 Å². The Bertz CT molecular complexity index is 638. The average molecular weight is 314 g/mol. The fourth-order valence-corrected chi connectivity index (χ4v) is 2.47. The molecule has 0 heterocycles. The molecule has 0 saturated heterocycles. The summed E-state index contributed by atoms with van der Waals surface area (Å²) in [6.45, 7) is 1.49. The maximum Gasteiger partial charge on any atom is 0.128 e. The van der Waals surface area contributed by atoms with Crippen molar-refractivity contribution < 1.29 is 13.2 Å². The highest BCUT2D eigenvalue weighted by Gasteiger charge is 2.19. The summed E-state index contributed by atoms with van der Waals surface area (Å²) < 4.78 is 41.5. The van der Waals surface area contributed by atoms with Gasteiger partial charge in [0.15, 0.2) is 0 Å². The van der Waals surface area contributed by atoms with Gasteiger partial charge in [0.1, 0.15) is 17.5 Å². The fourth-order valence-electron chi connectivity index (χ4n) is 2.23. The van der Waals surface area contributed by atoms with Gasteiger partial charge in [0.25, 0.3) is 0 Å². The van der Waals surface area contributed by atoms with Crippen LogP contribution in [-0.4, -0.2) is 7.05 Å². The van der Waals surface area contributed by atoms with E-state index < -0.39 is 23.5 Å². The summed E-state index contributed by atoms with van der Waals surface area (Å²) in [5.41, 5.74) is 0.661. The predicted molar refractivity (Wildman–Crippen MR) is 78.0 cm³/mol. The molecule has 2 aromatic rings. The standard InChI is InChI=1S/C16H15ClF3N/c1-9-6-15(20)11(7-14(9)19)16(21-2)8-10-12(17)4-3-5-13(10)18/h3-7,16,21H,8H2,1-2H3. The molecule has 21 heavy (non-hydrogen) atoms. The lowest BCUT2D eigenvalue weighted by Crippen LogP contribution is -2.21. The number of hydrogen-bond acceptors (Lipinski definition) is 1. The van der Waals surface area contributed by atoms with Crippen LogP contribution in [0.25, 0.3) is 0 Å². The van der Waals surface area contributed by atoms with E-state index in [2.05, 4.69) is 5.32 Å². The van der Waals surface area contributed by atoms with E-state index in [0.717, 1.165) is 12.1 Å². The molecule has 2 aromatic carbocycles. The minimum atomic E-state index is -0.575. The van der Waals surface area contributed by atoms with Crippen molar-refractivity contribution in [1.82, 2.24) is 5.32 Å². The largest absolute Gasteiger partial charge is 0.313 e. The third-order valence-corrected chi connectivity index (χ3v) is 3.83. The number of nitrogens with one attached hydrogen (secondary N) is 1. The van der Waals surface area contributed by atoms with E-state index in [1.165, 1.54) is 19.1 Å². The van der Waals surface area contributed by atoms with Gasteiger partial charge < -0.3 is 5.32 Å². The molecule has 0 amide bonds. The number of hydrogen-bond donors (Lipinski definition) is 1. The Balaban J connectivity index is 2.39. The zero-order chi connectivity index (χ0) is 15.6. The van der Waals surface area contributed by atoms with Crippen LogP contribution in [0.15, 0.2) is 30.3 Å². The monoisotopic (exact) mass is 313 g/mol. The normalized spacial score (nSPS) is 12.5. The van der Waals surface area contributed by atoms with Crippen molar-refractivity contribution in [3.05, 3.63) is 69.5 Å².